The molecule has 1 aromatic heterocycles. The molecule has 2 aromatic rings. The fraction of sp³-hybridized carbons (Fsp3) is 0.389. The SMILES string of the molecule is CC[C@H](C)NC(=O)[C@@H](C)NC(=O)Nc1cccc(-c2ncc(C)o2)c1. The monoisotopic (exact) mass is 344 g/mol. The lowest BCUT2D eigenvalue weighted by atomic mass is 10.2. The Balaban J connectivity index is 1.95. The fourth-order valence-corrected chi connectivity index (χ4v) is 2.12. The van der Waals surface area contributed by atoms with E-state index in [1.54, 1.807) is 31.3 Å². The predicted octanol–water partition coefficient (Wildman–Crippen LogP) is 3.07. The number of aromatic nitrogens is 1. The molecule has 3 N–H and O–H groups in total. The van der Waals surface area contributed by atoms with Gasteiger partial charge in [0.2, 0.25) is 11.8 Å². The van der Waals surface area contributed by atoms with Crippen molar-refractivity contribution in [1.29, 1.82) is 0 Å². The number of oxazole rings is 1. The average molecular weight is 344 g/mol. The van der Waals surface area contributed by atoms with Crippen molar-refractivity contribution in [3.05, 3.63) is 36.2 Å². The molecule has 0 saturated heterocycles. The van der Waals surface area contributed by atoms with Crippen molar-refractivity contribution in [2.75, 3.05) is 5.32 Å². The molecular formula is C18H24N4O3. The lowest BCUT2D eigenvalue weighted by Gasteiger charge is -2.17. The smallest absolute Gasteiger partial charge is 0.319 e. The first kappa shape index (κ1) is 18.5. The Bertz CT molecular complexity index is 741. The van der Waals surface area contributed by atoms with Crippen molar-refractivity contribution >= 4 is 17.6 Å². The molecular weight excluding hydrogens is 320 g/mol. The number of anilines is 1. The summed E-state index contributed by atoms with van der Waals surface area (Å²) < 4.78 is 5.48. The van der Waals surface area contributed by atoms with Gasteiger partial charge in [-0.3, -0.25) is 4.79 Å². The summed E-state index contributed by atoms with van der Waals surface area (Å²) in [7, 11) is 0. The van der Waals surface area contributed by atoms with Gasteiger partial charge >= 0.3 is 6.03 Å². The van der Waals surface area contributed by atoms with Crippen LogP contribution in [0.1, 0.15) is 33.0 Å². The van der Waals surface area contributed by atoms with Gasteiger partial charge in [0.25, 0.3) is 0 Å². The number of rotatable bonds is 6. The minimum absolute atomic E-state index is 0.0701. The van der Waals surface area contributed by atoms with Crippen LogP contribution in [0.15, 0.2) is 34.9 Å². The first-order valence-corrected chi connectivity index (χ1v) is 8.29. The van der Waals surface area contributed by atoms with Crippen LogP contribution in [-0.4, -0.2) is 29.0 Å². The second-order valence-corrected chi connectivity index (χ2v) is 5.99. The molecule has 25 heavy (non-hydrogen) atoms. The van der Waals surface area contributed by atoms with E-state index >= 15 is 0 Å². The summed E-state index contributed by atoms with van der Waals surface area (Å²) in [5.41, 5.74) is 1.34. The number of aryl methyl sites for hydroxylation is 1. The van der Waals surface area contributed by atoms with E-state index in [1.807, 2.05) is 26.8 Å². The van der Waals surface area contributed by atoms with Gasteiger partial charge in [-0.2, -0.15) is 0 Å². The zero-order chi connectivity index (χ0) is 18.4. The predicted molar refractivity (Wildman–Crippen MR) is 96.2 cm³/mol. The number of nitrogens with zero attached hydrogens (tertiary/aromatic N) is 1. The van der Waals surface area contributed by atoms with Gasteiger partial charge in [-0.1, -0.05) is 13.0 Å². The molecule has 134 valence electrons. The third kappa shape index (κ3) is 5.34. The van der Waals surface area contributed by atoms with Gasteiger partial charge in [0.05, 0.1) is 6.20 Å². The largest absolute Gasteiger partial charge is 0.441 e. The molecule has 3 amide bonds. The van der Waals surface area contributed by atoms with Crippen LogP contribution in [0.2, 0.25) is 0 Å². The standard InChI is InChI=1S/C18H24N4O3/c1-5-11(2)20-16(23)13(4)21-18(24)22-15-8-6-7-14(9-15)17-19-10-12(3)25-17/h6-11,13H,5H2,1-4H3,(H,20,23)(H2,21,22,24)/t11-,13+/m0/s1. The van der Waals surface area contributed by atoms with Crippen LogP contribution in [0.25, 0.3) is 11.5 Å². The Hall–Kier alpha value is -2.83. The number of nitrogens with one attached hydrogen (secondary N) is 3. The second-order valence-electron chi connectivity index (χ2n) is 5.99. The van der Waals surface area contributed by atoms with Crippen molar-refractivity contribution in [2.45, 2.75) is 46.2 Å². The van der Waals surface area contributed by atoms with Crippen molar-refractivity contribution in [3.63, 3.8) is 0 Å². The van der Waals surface area contributed by atoms with Crippen LogP contribution in [0.5, 0.6) is 0 Å². The molecule has 7 nitrogen and oxygen atoms in total. The third-order valence-electron chi connectivity index (χ3n) is 3.73. The highest BCUT2D eigenvalue weighted by Gasteiger charge is 2.17. The summed E-state index contributed by atoms with van der Waals surface area (Å²) in [5, 5.41) is 8.16. The van der Waals surface area contributed by atoms with Crippen LogP contribution in [0, 0.1) is 6.92 Å². The highest BCUT2D eigenvalue weighted by atomic mass is 16.4. The molecule has 1 aromatic carbocycles. The minimum atomic E-state index is -0.633. The second kappa shape index (κ2) is 8.32. The van der Waals surface area contributed by atoms with Crippen molar-refractivity contribution < 1.29 is 14.0 Å². The van der Waals surface area contributed by atoms with Crippen LogP contribution in [0.3, 0.4) is 0 Å². The average Bonchev–Trinajstić information content (AvgIpc) is 3.01. The van der Waals surface area contributed by atoms with E-state index in [0.29, 0.717) is 17.3 Å². The lowest BCUT2D eigenvalue weighted by molar-refractivity contribution is -0.123. The molecule has 0 unspecified atom stereocenters. The summed E-state index contributed by atoms with van der Waals surface area (Å²) in [6, 6.07) is 6.14. The first-order chi connectivity index (χ1) is 11.9. The lowest BCUT2D eigenvalue weighted by Crippen LogP contribution is -2.48. The van der Waals surface area contributed by atoms with Gasteiger partial charge in [0.1, 0.15) is 11.8 Å². The molecule has 0 spiro atoms. The summed E-state index contributed by atoms with van der Waals surface area (Å²) in [4.78, 5) is 28.2. The zero-order valence-electron chi connectivity index (χ0n) is 14.9. The molecule has 0 aliphatic heterocycles. The number of hydrogen-bond acceptors (Lipinski definition) is 4. The number of amides is 3. The number of hydrogen-bond donors (Lipinski definition) is 3. The van der Waals surface area contributed by atoms with E-state index in [2.05, 4.69) is 20.9 Å². The number of carbonyl (C=O) groups excluding carboxylic acids is 2. The molecule has 0 fully saturated rings. The highest BCUT2D eigenvalue weighted by molar-refractivity contribution is 5.94. The third-order valence-corrected chi connectivity index (χ3v) is 3.73. The van der Waals surface area contributed by atoms with Crippen molar-refractivity contribution in [2.24, 2.45) is 0 Å². The van der Waals surface area contributed by atoms with E-state index in [-0.39, 0.29) is 11.9 Å². The van der Waals surface area contributed by atoms with Gasteiger partial charge in [-0.25, -0.2) is 9.78 Å². The van der Waals surface area contributed by atoms with Crippen LogP contribution >= 0.6 is 0 Å². The summed E-state index contributed by atoms with van der Waals surface area (Å²) in [6.07, 6.45) is 2.47. The Morgan fingerprint density at radius 1 is 1.24 bits per heavy atom. The van der Waals surface area contributed by atoms with Crippen molar-refractivity contribution in [3.8, 4) is 11.5 Å². The van der Waals surface area contributed by atoms with Gasteiger partial charge < -0.3 is 20.4 Å². The zero-order valence-corrected chi connectivity index (χ0v) is 14.9. The first-order valence-electron chi connectivity index (χ1n) is 8.29. The van der Waals surface area contributed by atoms with Gasteiger partial charge in [0.15, 0.2) is 0 Å². The minimum Gasteiger partial charge on any atom is -0.441 e. The van der Waals surface area contributed by atoms with Crippen LogP contribution in [0.4, 0.5) is 10.5 Å². The van der Waals surface area contributed by atoms with Gasteiger partial charge in [-0.05, 0) is 45.4 Å². The Labute approximate surface area is 147 Å². The van der Waals surface area contributed by atoms with E-state index in [4.69, 9.17) is 4.42 Å². The molecule has 1 heterocycles. The van der Waals surface area contributed by atoms with E-state index < -0.39 is 12.1 Å². The summed E-state index contributed by atoms with van der Waals surface area (Å²) in [5.74, 6) is 0.989. The maximum Gasteiger partial charge on any atom is 0.319 e. The van der Waals surface area contributed by atoms with Gasteiger partial charge in [-0.15, -0.1) is 0 Å². The Morgan fingerprint density at radius 3 is 2.64 bits per heavy atom. The quantitative estimate of drug-likeness (QED) is 0.750. The van der Waals surface area contributed by atoms with E-state index in [9.17, 15) is 9.59 Å². The molecule has 0 aliphatic carbocycles. The fourth-order valence-electron chi connectivity index (χ4n) is 2.12. The normalized spacial score (nSPS) is 13.0. The van der Waals surface area contributed by atoms with Crippen LogP contribution < -0.4 is 16.0 Å². The Morgan fingerprint density at radius 2 is 2.00 bits per heavy atom. The van der Waals surface area contributed by atoms with Crippen molar-refractivity contribution in [1.82, 2.24) is 15.6 Å². The number of benzene rings is 1. The Kier molecular flexibility index (Phi) is 6.16. The summed E-state index contributed by atoms with van der Waals surface area (Å²) in [6.45, 7) is 7.36. The van der Waals surface area contributed by atoms with Crippen LogP contribution in [-0.2, 0) is 4.79 Å². The van der Waals surface area contributed by atoms with Gasteiger partial charge in [0, 0.05) is 17.3 Å². The summed E-state index contributed by atoms with van der Waals surface area (Å²) >= 11 is 0. The molecule has 0 radical (unpaired) electrons. The highest BCUT2D eigenvalue weighted by Crippen LogP contribution is 2.22. The molecule has 2 atom stereocenters. The topological polar surface area (TPSA) is 96.3 Å². The molecule has 2 rings (SSSR count). The maximum absolute atomic E-state index is 12.1. The molecule has 0 aliphatic rings. The molecule has 7 heteroatoms. The number of carbonyl (C=O) groups is 2. The van der Waals surface area contributed by atoms with E-state index in [0.717, 1.165) is 12.0 Å². The van der Waals surface area contributed by atoms with E-state index in [1.165, 1.54) is 0 Å². The molecule has 0 bridgehead atoms. The molecule has 0 saturated carbocycles. The number of urea groups is 1. The maximum atomic E-state index is 12.1.